The van der Waals surface area contributed by atoms with E-state index < -0.39 is 16.9 Å². The smallest absolute Gasteiger partial charge is 0.338 e. The lowest BCUT2D eigenvalue weighted by atomic mass is 9.97. The maximum Gasteiger partial charge on any atom is 0.338 e. The van der Waals surface area contributed by atoms with Crippen LogP contribution in [0.15, 0.2) is 110 Å². The Balaban J connectivity index is 1.59. The minimum absolute atomic E-state index is 0.121. The molecule has 0 bridgehead atoms. The Morgan fingerprint density at radius 2 is 1.91 bits per heavy atom. The number of fused-ring (bicyclic) bond motifs is 1. The first-order valence-electron chi connectivity index (χ1n) is 13.0. The van der Waals surface area contributed by atoms with Gasteiger partial charge in [0.05, 0.1) is 27.3 Å². The number of hydrogen-bond donors (Lipinski definition) is 0. The van der Waals surface area contributed by atoms with E-state index in [0.717, 1.165) is 16.2 Å². The molecule has 10 nitrogen and oxygen atoms in total. The molecule has 1 aliphatic rings. The van der Waals surface area contributed by atoms with Gasteiger partial charge in [-0.1, -0.05) is 47.7 Å². The summed E-state index contributed by atoms with van der Waals surface area (Å²) in [5.41, 5.74) is 1.36. The van der Waals surface area contributed by atoms with Gasteiger partial charge < -0.3 is 4.74 Å². The van der Waals surface area contributed by atoms with E-state index in [1.165, 1.54) is 39.8 Å². The summed E-state index contributed by atoms with van der Waals surface area (Å²) in [5.74, 6) is -0.557. The maximum atomic E-state index is 14.1. The zero-order valence-corrected chi connectivity index (χ0v) is 24.9. The van der Waals surface area contributed by atoms with E-state index in [-0.39, 0.29) is 23.4 Å². The average molecular weight is 628 g/mol. The van der Waals surface area contributed by atoms with Gasteiger partial charge in [-0.15, -0.1) is 11.3 Å². The molecule has 0 saturated carbocycles. The van der Waals surface area contributed by atoms with Crippen molar-refractivity contribution in [3.8, 4) is 0 Å². The van der Waals surface area contributed by atoms with Crippen molar-refractivity contribution < 1.29 is 14.5 Å². The van der Waals surface area contributed by atoms with Crippen molar-refractivity contribution in [1.82, 2.24) is 14.5 Å². The van der Waals surface area contributed by atoms with Gasteiger partial charge in [0.25, 0.3) is 11.2 Å². The van der Waals surface area contributed by atoms with Crippen LogP contribution < -0.4 is 14.9 Å². The predicted octanol–water partition coefficient (Wildman–Crippen LogP) is 4.85. The Morgan fingerprint density at radius 1 is 1.12 bits per heavy atom. The summed E-state index contributed by atoms with van der Waals surface area (Å²) in [6, 6.07) is 18.4. The molecule has 43 heavy (non-hydrogen) atoms. The molecule has 0 radical (unpaired) electrons. The average Bonchev–Trinajstić information content (AvgIpc) is 3.66. The molecule has 1 atom stereocenters. The lowest BCUT2D eigenvalue weighted by Crippen LogP contribution is -2.39. The standard InChI is InChI=1S/C30H21N5O5S3/c1-2-40-28(37)24-25(18-8-4-3-5-9-18)33-30-34(26(24)22-10-6-15-41-22)27(36)23(43-30)17-19-16-20(35(38)39)11-12-21(19)42-29-31-13-7-14-32-29/h3-17,26H,2H2,1H3/b23-17+/t26-/m0/s1. The molecule has 0 unspecified atom stereocenters. The van der Waals surface area contributed by atoms with Crippen molar-refractivity contribution in [2.24, 2.45) is 4.99 Å². The first-order chi connectivity index (χ1) is 20.9. The van der Waals surface area contributed by atoms with E-state index >= 15 is 0 Å². The third-order valence-electron chi connectivity index (χ3n) is 6.42. The monoisotopic (exact) mass is 627 g/mol. The first-order valence-corrected chi connectivity index (χ1v) is 15.5. The van der Waals surface area contributed by atoms with Crippen LogP contribution in [-0.2, 0) is 9.53 Å². The van der Waals surface area contributed by atoms with Gasteiger partial charge >= 0.3 is 5.97 Å². The van der Waals surface area contributed by atoms with Crippen LogP contribution in [0, 0.1) is 10.1 Å². The molecule has 0 N–H and O–H groups in total. The highest BCUT2D eigenvalue weighted by Crippen LogP contribution is 2.37. The fourth-order valence-electron chi connectivity index (χ4n) is 4.59. The topological polar surface area (TPSA) is 130 Å². The minimum atomic E-state index is -0.774. The highest BCUT2D eigenvalue weighted by atomic mass is 32.2. The number of nitro benzene ring substituents is 1. The van der Waals surface area contributed by atoms with Crippen molar-refractivity contribution in [3.05, 3.63) is 136 Å². The van der Waals surface area contributed by atoms with Gasteiger partial charge in [0.15, 0.2) is 9.96 Å². The van der Waals surface area contributed by atoms with E-state index in [0.29, 0.717) is 36.2 Å². The number of carbonyl (C=O) groups is 1. The second kappa shape index (κ2) is 12.3. The van der Waals surface area contributed by atoms with Crippen molar-refractivity contribution in [3.63, 3.8) is 0 Å². The predicted molar refractivity (Wildman–Crippen MR) is 165 cm³/mol. The summed E-state index contributed by atoms with van der Waals surface area (Å²) >= 11 is 3.80. The third-order valence-corrected chi connectivity index (χ3v) is 9.31. The van der Waals surface area contributed by atoms with Crippen LogP contribution >= 0.6 is 34.4 Å². The summed E-state index contributed by atoms with van der Waals surface area (Å²) in [7, 11) is 0. The third kappa shape index (κ3) is 5.69. The summed E-state index contributed by atoms with van der Waals surface area (Å²) < 4.78 is 7.28. The second-order valence-corrected chi connectivity index (χ2v) is 12.1. The molecule has 6 rings (SSSR count). The van der Waals surface area contributed by atoms with Crippen molar-refractivity contribution in [1.29, 1.82) is 0 Å². The number of hydrogen-bond acceptors (Lipinski definition) is 11. The number of aromatic nitrogens is 3. The molecule has 4 heterocycles. The molecular weight excluding hydrogens is 607 g/mol. The van der Waals surface area contributed by atoms with Gasteiger partial charge in [0.2, 0.25) is 0 Å². The summed E-state index contributed by atoms with van der Waals surface area (Å²) in [4.78, 5) is 53.9. The molecule has 0 saturated heterocycles. The molecule has 2 aromatic carbocycles. The Bertz CT molecular complexity index is 2040. The van der Waals surface area contributed by atoms with E-state index in [9.17, 15) is 19.7 Å². The SMILES string of the molecule is CCOC(=O)C1=C(c2ccccc2)N=c2s/c(=C/c3cc([N+](=O)[O-])ccc3Sc3ncccn3)c(=O)n2[C@H]1c1cccs1. The molecule has 5 aromatic rings. The highest BCUT2D eigenvalue weighted by molar-refractivity contribution is 7.99. The normalized spacial score (nSPS) is 14.7. The fraction of sp³-hybridized carbons (Fsp3) is 0.100. The van der Waals surface area contributed by atoms with Crippen LogP contribution in [0.4, 0.5) is 5.69 Å². The number of non-ortho nitro benzene ring substituents is 1. The summed E-state index contributed by atoms with van der Waals surface area (Å²) in [6.07, 6.45) is 4.83. The van der Waals surface area contributed by atoms with Crippen LogP contribution in [0.3, 0.4) is 0 Å². The van der Waals surface area contributed by atoms with Gasteiger partial charge in [0, 0.05) is 39.9 Å². The number of ether oxygens (including phenoxy) is 1. The van der Waals surface area contributed by atoms with Crippen LogP contribution in [0.1, 0.15) is 29.0 Å². The Hall–Kier alpha value is -4.72. The Labute approximate surface area is 256 Å². The number of thiophene rings is 1. The fourth-order valence-corrected chi connectivity index (χ4v) is 7.20. The van der Waals surface area contributed by atoms with Gasteiger partial charge in [-0.25, -0.2) is 19.8 Å². The largest absolute Gasteiger partial charge is 0.463 e. The van der Waals surface area contributed by atoms with Crippen molar-refractivity contribution in [2.45, 2.75) is 23.0 Å². The second-order valence-electron chi connectivity index (χ2n) is 9.06. The van der Waals surface area contributed by atoms with E-state index in [4.69, 9.17) is 9.73 Å². The maximum absolute atomic E-state index is 14.1. The molecule has 214 valence electrons. The number of rotatable bonds is 8. The molecule has 1 aliphatic heterocycles. The number of thiazole rings is 1. The molecular formula is C30H21N5O5S3. The number of esters is 1. The zero-order valence-electron chi connectivity index (χ0n) is 22.4. The van der Waals surface area contributed by atoms with Crippen LogP contribution in [0.25, 0.3) is 11.8 Å². The molecule has 3 aromatic heterocycles. The first kappa shape index (κ1) is 28.4. The number of carbonyl (C=O) groups excluding carboxylic acids is 1. The summed E-state index contributed by atoms with van der Waals surface area (Å²) in [5, 5.41) is 14.0. The molecule has 0 spiro atoms. The van der Waals surface area contributed by atoms with Crippen molar-refractivity contribution >= 4 is 57.9 Å². The lowest BCUT2D eigenvalue weighted by Gasteiger charge is -2.24. The number of nitrogens with zero attached hydrogens (tertiary/aromatic N) is 5. The zero-order chi connectivity index (χ0) is 29.9. The van der Waals surface area contributed by atoms with E-state index in [2.05, 4.69) is 9.97 Å². The Morgan fingerprint density at radius 3 is 2.60 bits per heavy atom. The van der Waals surface area contributed by atoms with Crippen LogP contribution in [-0.4, -0.2) is 32.0 Å². The summed E-state index contributed by atoms with van der Waals surface area (Å²) in [6.45, 7) is 1.88. The van der Waals surface area contributed by atoms with Crippen LogP contribution in [0.2, 0.25) is 0 Å². The molecule has 13 heteroatoms. The van der Waals surface area contributed by atoms with Gasteiger partial charge in [-0.3, -0.25) is 19.5 Å². The number of nitro groups is 1. The van der Waals surface area contributed by atoms with Gasteiger partial charge in [0.1, 0.15) is 6.04 Å². The van der Waals surface area contributed by atoms with Crippen molar-refractivity contribution in [2.75, 3.05) is 6.61 Å². The molecule has 0 fully saturated rings. The molecule has 0 aliphatic carbocycles. The lowest BCUT2D eigenvalue weighted by molar-refractivity contribution is -0.384. The van der Waals surface area contributed by atoms with E-state index in [1.807, 2.05) is 47.8 Å². The Kier molecular flexibility index (Phi) is 8.09. The van der Waals surface area contributed by atoms with Gasteiger partial charge in [-0.2, -0.15) is 0 Å². The quantitative estimate of drug-likeness (QED) is 0.103. The highest BCUT2D eigenvalue weighted by Gasteiger charge is 2.35. The van der Waals surface area contributed by atoms with Gasteiger partial charge in [-0.05, 0) is 53.9 Å². The molecule has 0 amide bonds. The minimum Gasteiger partial charge on any atom is -0.463 e. The number of benzene rings is 2. The van der Waals surface area contributed by atoms with Crippen LogP contribution in [0.5, 0.6) is 0 Å². The van der Waals surface area contributed by atoms with E-state index in [1.54, 1.807) is 37.5 Å².